The highest BCUT2D eigenvalue weighted by Gasteiger charge is 2.22. The van der Waals surface area contributed by atoms with Gasteiger partial charge in [-0.3, -0.25) is 4.40 Å². The van der Waals surface area contributed by atoms with Crippen LogP contribution in [0.25, 0.3) is 5.65 Å². The molecule has 0 spiro atoms. The van der Waals surface area contributed by atoms with Gasteiger partial charge in [0.1, 0.15) is 5.82 Å². The highest BCUT2D eigenvalue weighted by molar-refractivity contribution is 5.37. The first-order valence-electron chi connectivity index (χ1n) is 5.83. The lowest BCUT2D eigenvalue weighted by molar-refractivity contribution is 0.245. The molecule has 2 aromatic rings. The van der Waals surface area contributed by atoms with E-state index in [0.29, 0.717) is 5.92 Å². The molecule has 3 heterocycles. The van der Waals surface area contributed by atoms with Gasteiger partial charge in [-0.25, -0.2) is 0 Å². The van der Waals surface area contributed by atoms with Crippen molar-refractivity contribution in [3.8, 4) is 0 Å². The predicted molar refractivity (Wildman–Crippen MR) is 62.5 cm³/mol. The molecule has 84 valence electrons. The Bertz CT molecular complexity index is 490. The van der Waals surface area contributed by atoms with Crippen LogP contribution in [0.4, 0.5) is 0 Å². The minimum Gasteiger partial charge on any atom is -0.306 e. The normalized spacial score (nSPS) is 22.7. The number of aromatic nitrogens is 3. The minimum atomic E-state index is 0.524. The van der Waals surface area contributed by atoms with Crippen molar-refractivity contribution >= 4 is 5.65 Å². The first-order valence-corrected chi connectivity index (χ1v) is 5.83. The molecule has 4 nitrogen and oxygen atoms in total. The second kappa shape index (κ2) is 3.87. The van der Waals surface area contributed by atoms with Gasteiger partial charge in [0.15, 0.2) is 5.65 Å². The Balaban J connectivity index is 1.99. The molecule has 4 heteroatoms. The molecule has 16 heavy (non-hydrogen) atoms. The lowest BCUT2D eigenvalue weighted by Gasteiger charge is -2.28. The predicted octanol–water partition coefficient (Wildman–Crippen LogP) is 1.54. The molecule has 0 aliphatic carbocycles. The Hall–Kier alpha value is -1.42. The molecule has 0 saturated carbocycles. The summed E-state index contributed by atoms with van der Waals surface area (Å²) in [4.78, 5) is 2.37. The molecular formula is C12H16N4. The molecule has 0 radical (unpaired) electrons. The lowest BCUT2D eigenvalue weighted by atomic mass is 9.98. The summed E-state index contributed by atoms with van der Waals surface area (Å²) in [5.74, 6) is 1.64. The molecule has 1 fully saturated rings. The molecule has 1 atom stereocenters. The number of hydrogen-bond acceptors (Lipinski definition) is 3. The van der Waals surface area contributed by atoms with Crippen LogP contribution in [0.15, 0.2) is 24.4 Å². The van der Waals surface area contributed by atoms with E-state index in [4.69, 9.17) is 0 Å². The van der Waals surface area contributed by atoms with E-state index in [0.717, 1.165) is 18.0 Å². The number of piperidine rings is 1. The van der Waals surface area contributed by atoms with E-state index in [-0.39, 0.29) is 0 Å². The lowest BCUT2D eigenvalue weighted by Crippen LogP contribution is -2.31. The monoisotopic (exact) mass is 216 g/mol. The summed E-state index contributed by atoms with van der Waals surface area (Å²) in [5, 5.41) is 8.55. The largest absolute Gasteiger partial charge is 0.306 e. The third kappa shape index (κ3) is 1.59. The zero-order valence-corrected chi connectivity index (χ0v) is 9.50. The van der Waals surface area contributed by atoms with Crippen molar-refractivity contribution in [2.45, 2.75) is 18.8 Å². The van der Waals surface area contributed by atoms with Crippen molar-refractivity contribution in [2.24, 2.45) is 0 Å². The number of nitrogens with zero attached hydrogens (tertiary/aromatic N) is 4. The van der Waals surface area contributed by atoms with Crippen LogP contribution in [0, 0.1) is 0 Å². The highest BCUT2D eigenvalue weighted by atomic mass is 15.3. The van der Waals surface area contributed by atoms with Crippen LogP contribution in [-0.4, -0.2) is 39.6 Å². The van der Waals surface area contributed by atoms with Gasteiger partial charge >= 0.3 is 0 Å². The number of hydrogen-bond donors (Lipinski definition) is 0. The van der Waals surface area contributed by atoms with Crippen LogP contribution < -0.4 is 0 Å². The standard InChI is InChI=1S/C12H16N4/c1-15-7-4-5-10(9-15)12-14-13-11-6-2-3-8-16(11)12/h2-3,6,8,10H,4-5,7,9H2,1H3. The van der Waals surface area contributed by atoms with Gasteiger partial charge in [0.05, 0.1) is 0 Å². The Morgan fingerprint density at radius 1 is 1.31 bits per heavy atom. The second-order valence-electron chi connectivity index (χ2n) is 4.59. The topological polar surface area (TPSA) is 33.4 Å². The summed E-state index contributed by atoms with van der Waals surface area (Å²) in [6.07, 6.45) is 4.53. The van der Waals surface area contributed by atoms with Crippen molar-refractivity contribution in [1.29, 1.82) is 0 Å². The molecule has 0 amide bonds. The average Bonchev–Trinajstić information content (AvgIpc) is 2.72. The maximum absolute atomic E-state index is 4.34. The summed E-state index contributed by atoms with van der Waals surface area (Å²) in [7, 11) is 2.18. The average molecular weight is 216 g/mol. The first kappa shape index (κ1) is 9.78. The molecule has 1 saturated heterocycles. The number of rotatable bonds is 1. The van der Waals surface area contributed by atoms with Gasteiger partial charge in [-0.05, 0) is 38.6 Å². The number of pyridine rings is 1. The van der Waals surface area contributed by atoms with Crippen LogP contribution in [0.3, 0.4) is 0 Å². The van der Waals surface area contributed by atoms with Gasteiger partial charge in [-0.15, -0.1) is 10.2 Å². The van der Waals surface area contributed by atoms with E-state index in [2.05, 4.69) is 32.7 Å². The van der Waals surface area contributed by atoms with Crippen LogP contribution in [0.5, 0.6) is 0 Å². The van der Waals surface area contributed by atoms with Crippen LogP contribution in [0.1, 0.15) is 24.6 Å². The van der Waals surface area contributed by atoms with Gasteiger partial charge in [0.2, 0.25) is 0 Å². The van der Waals surface area contributed by atoms with E-state index < -0.39 is 0 Å². The second-order valence-corrected chi connectivity index (χ2v) is 4.59. The van der Waals surface area contributed by atoms with E-state index >= 15 is 0 Å². The van der Waals surface area contributed by atoms with Crippen LogP contribution >= 0.6 is 0 Å². The van der Waals surface area contributed by atoms with Gasteiger partial charge < -0.3 is 4.90 Å². The zero-order chi connectivity index (χ0) is 11.0. The maximum Gasteiger partial charge on any atom is 0.160 e. The van der Waals surface area contributed by atoms with Crippen LogP contribution in [0.2, 0.25) is 0 Å². The molecule has 0 aromatic carbocycles. The van der Waals surface area contributed by atoms with Gasteiger partial charge in [-0.2, -0.15) is 0 Å². The summed E-state index contributed by atoms with van der Waals surface area (Å²) >= 11 is 0. The number of likely N-dealkylation sites (tertiary alicyclic amines) is 1. The highest BCUT2D eigenvalue weighted by Crippen LogP contribution is 2.24. The number of likely N-dealkylation sites (N-methyl/N-ethyl adjacent to an activating group) is 1. The molecular weight excluding hydrogens is 200 g/mol. The summed E-state index contributed by atoms with van der Waals surface area (Å²) in [6.45, 7) is 2.29. The zero-order valence-electron chi connectivity index (χ0n) is 9.50. The Morgan fingerprint density at radius 2 is 2.25 bits per heavy atom. The summed E-state index contributed by atoms with van der Waals surface area (Å²) < 4.78 is 2.11. The van der Waals surface area contributed by atoms with E-state index in [1.165, 1.54) is 19.4 Å². The van der Waals surface area contributed by atoms with Gasteiger partial charge in [0.25, 0.3) is 0 Å². The van der Waals surface area contributed by atoms with Gasteiger partial charge in [0, 0.05) is 18.7 Å². The third-order valence-corrected chi connectivity index (χ3v) is 3.33. The molecule has 1 aliphatic heterocycles. The third-order valence-electron chi connectivity index (χ3n) is 3.33. The molecule has 3 rings (SSSR count). The molecule has 2 aromatic heterocycles. The van der Waals surface area contributed by atoms with Crippen molar-refractivity contribution in [3.05, 3.63) is 30.2 Å². The maximum atomic E-state index is 4.34. The Morgan fingerprint density at radius 3 is 3.12 bits per heavy atom. The Kier molecular flexibility index (Phi) is 2.36. The van der Waals surface area contributed by atoms with E-state index in [9.17, 15) is 0 Å². The molecule has 0 bridgehead atoms. The smallest absolute Gasteiger partial charge is 0.160 e. The fourth-order valence-electron chi connectivity index (χ4n) is 2.52. The first-order chi connectivity index (χ1) is 7.84. The van der Waals surface area contributed by atoms with Crippen molar-refractivity contribution in [3.63, 3.8) is 0 Å². The number of fused-ring (bicyclic) bond motifs is 1. The Labute approximate surface area is 94.9 Å². The molecule has 0 N–H and O–H groups in total. The molecule has 1 aliphatic rings. The summed E-state index contributed by atoms with van der Waals surface area (Å²) in [5.41, 5.74) is 0.950. The SMILES string of the molecule is CN1CCCC(c2nnc3ccccn23)C1. The van der Waals surface area contributed by atoms with Crippen LogP contribution in [-0.2, 0) is 0 Å². The summed E-state index contributed by atoms with van der Waals surface area (Å²) in [6, 6.07) is 6.04. The van der Waals surface area contributed by atoms with Crippen molar-refractivity contribution in [2.75, 3.05) is 20.1 Å². The van der Waals surface area contributed by atoms with E-state index in [1.807, 2.05) is 18.2 Å². The quantitative estimate of drug-likeness (QED) is 0.725. The fraction of sp³-hybridized carbons (Fsp3) is 0.500. The van der Waals surface area contributed by atoms with Crippen molar-refractivity contribution in [1.82, 2.24) is 19.5 Å². The van der Waals surface area contributed by atoms with E-state index in [1.54, 1.807) is 0 Å². The molecule has 1 unspecified atom stereocenters. The van der Waals surface area contributed by atoms with Crippen molar-refractivity contribution < 1.29 is 0 Å². The fourth-order valence-corrected chi connectivity index (χ4v) is 2.52. The van der Waals surface area contributed by atoms with Gasteiger partial charge in [-0.1, -0.05) is 6.07 Å². The minimum absolute atomic E-state index is 0.524.